The van der Waals surface area contributed by atoms with Crippen LogP contribution >= 0.6 is 15.9 Å². The smallest absolute Gasteiger partial charge is 0.369 e. The quantitative estimate of drug-likeness (QED) is 0.915. The first kappa shape index (κ1) is 12.7. The Balaban J connectivity index is 2.14. The van der Waals surface area contributed by atoms with E-state index in [0.29, 0.717) is 22.9 Å². The largest absolute Gasteiger partial charge is 0.419 e. The van der Waals surface area contributed by atoms with Gasteiger partial charge in [-0.3, -0.25) is 0 Å². The lowest BCUT2D eigenvalue weighted by Gasteiger charge is -2.13. The van der Waals surface area contributed by atoms with E-state index in [-0.39, 0.29) is 5.82 Å². The fourth-order valence-electron chi connectivity index (χ4n) is 1.71. The second-order valence-corrected chi connectivity index (χ2v) is 5.32. The maximum Gasteiger partial charge on any atom is 0.419 e. The number of nitrogens with one attached hydrogen (secondary N) is 1. The normalized spacial score (nSPS) is 23.6. The van der Waals surface area contributed by atoms with E-state index < -0.39 is 11.7 Å². The molecule has 0 bridgehead atoms. The number of nitrogens with zero attached hydrogens (tertiary/aromatic N) is 1. The average Bonchev–Trinajstić information content (AvgIpc) is 2.91. The third-order valence-electron chi connectivity index (χ3n) is 2.97. The monoisotopic (exact) mass is 308 g/mol. The molecule has 1 aromatic rings. The van der Waals surface area contributed by atoms with Gasteiger partial charge in [-0.05, 0) is 40.3 Å². The predicted molar refractivity (Wildman–Crippen MR) is 62.7 cm³/mol. The van der Waals surface area contributed by atoms with Crippen molar-refractivity contribution >= 4 is 21.7 Å². The van der Waals surface area contributed by atoms with Crippen molar-refractivity contribution in [2.24, 2.45) is 11.8 Å². The van der Waals surface area contributed by atoms with E-state index in [1.165, 1.54) is 6.20 Å². The van der Waals surface area contributed by atoms with Gasteiger partial charge in [-0.2, -0.15) is 13.2 Å². The number of aromatic nitrogens is 1. The molecule has 1 heterocycles. The Hall–Kier alpha value is -0.780. The molecule has 1 fully saturated rings. The van der Waals surface area contributed by atoms with E-state index in [4.69, 9.17) is 0 Å². The van der Waals surface area contributed by atoms with Crippen LogP contribution < -0.4 is 5.32 Å². The fraction of sp³-hybridized carbons (Fsp3) is 0.545. The average molecular weight is 309 g/mol. The Labute approximate surface area is 106 Å². The lowest BCUT2D eigenvalue weighted by atomic mass is 10.2. The molecule has 2 atom stereocenters. The van der Waals surface area contributed by atoms with Gasteiger partial charge in [0.15, 0.2) is 0 Å². The minimum Gasteiger partial charge on any atom is -0.369 e. The van der Waals surface area contributed by atoms with Crippen molar-refractivity contribution in [1.82, 2.24) is 4.98 Å². The number of halogens is 4. The minimum atomic E-state index is -4.38. The number of hydrogen-bond donors (Lipinski definition) is 1. The summed E-state index contributed by atoms with van der Waals surface area (Å²) in [5.41, 5.74) is -0.722. The van der Waals surface area contributed by atoms with E-state index in [2.05, 4.69) is 33.2 Å². The topological polar surface area (TPSA) is 24.9 Å². The zero-order chi connectivity index (χ0) is 12.6. The van der Waals surface area contributed by atoms with E-state index >= 15 is 0 Å². The highest BCUT2D eigenvalue weighted by molar-refractivity contribution is 9.10. The molecule has 1 aromatic heterocycles. The summed E-state index contributed by atoms with van der Waals surface area (Å²) in [6.07, 6.45) is -1.94. The van der Waals surface area contributed by atoms with E-state index in [0.717, 1.165) is 12.5 Å². The molecule has 0 amide bonds. The zero-order valence-corrected chi connectivity index (χ0v) is 10.8. The highest BCUT2D eigenvalue weighted by atomic mass is 79.9. The molecule has 0 saturated heterocycles. The molecule has 1 aliphatic rings. The van der Waals surface area contributed by atoms with Crippen molar-refractivity contribution in [3.8, 4) is 0 Å². The molecular formula is C11H12BrF3N2. The van der Waals surface area contributed by atoms with Crippen LogP contribution in [-0.2, 0) is 6.18 Å². The van der Waals surface area contributed by atoms with Crippen molar-refractivity contribution in [3.05, 3.63) is 22.3 Å². The molecule has 2 unspecified atom stereocenters. The first-order chi connectivity index (χ1) is 7.88. The molecule has 1 aliphatic carbocycles. The summed E-state index contributed by atoms with van der Waals surface area (Å²) in [6, 6.07) is 1.05. The molecule has 0 aliphatic heterocycles. The lowest BCUT2D eigenvalue weighted by Crippen LogP contribution is -2.14. The highest BCUT2D eigenvalue weighted by Gasteiger charge is 2.36. The van der Waals surface area contributed by atoms with Gasteiger partial charge in [0.1, 0.15) is 5.82 Å². The van der Waals surface area contributed by atoms with Crippen molar-refractivity contribution in [2.75, 3.05) is 11.9 Å². The van der Waals surface area contributed by atoms with E-state index in [1.807, 2.05) is 0 Å². The van der Waals surface area contributed by atoms with Gasteiger partial charge >= 0.3 is 6.18 Å². The summed E-state index contributed by atoms with van der Waals surface area (Å²) in [7, 11) is 0. The maximum atomic E-state index is 12.7. The van der Waals surface area contributed by atoms with Crippen molar-refractivity contribution in [2.45, 2.75) is 19.5 Å². The highest BCUT2D eigenvalue weighted by Crippen LogP contribution is 2.39. The van der Waals surface area contributed by atoms with Crippen molar-refractivity contribution in [1.29, 1.82) is 0 Å². The SMILES string of the molecule is CC1CC1CNc1ncc(Br)cc1C(F)(F)F. The third-order valence-corrected chi connectivity index (χ3v) is 3.40. The minimum absolute atomic E-state index is 0.0835. The second-order valence-electron chi connectivity index (χ2n) is 4.40. The Kier molecular flexibility index (Phi) is 3.34. The number of alkyl halides is 3. The number of pyridine rings is 1. The Morgan fingerprint density at radius 1 is 1.53 bits per heavy atom. The molecule has 6 heteroatoms. The van der Waals surface area contributed by atoms with Gasteiger partial charge in [-0.15, -0.1) is 0 Å². The summed E-state index contributed by atoms with van der Waals surface area (Å²) >= 11 is 3.00. The Bertz CT molecular complexity index is 420. The molecule has 2 rings (SSSR count). The van der Waals surface area contributed by atoms with Gasteiger partial charge in [0.25, 0.3) is 0 Å². The number of anilines is 1. The molecule has 1 N–H and O–H groups in total. The summed E-state index contributed by atoms with van der Waals surface area (Å²) in [5.74, 6) is 0.994. The molecule has 0 radical (unpaired) electrons. The van der Waals surface area contributed by atoms with Crippen LogP contribution in [0.3, 0.4) is 0 Å². The number of hydrogen-bond acceptors (Lipinski definition) is 2. The predicted octanol–water partition coefficient (Wildman–Crippen LogP) is 3.93. The van der Waals surface area contributed by atoms with Crippen molar-refractivity contribution < 1.29 is 13.2 Å². The maximum absolute atomic E-state index is 12.7. The van der Waals surface area contributed by atoms with Gasteiger partial charge < -0.3 is 5.32 Å². The van der Waals surface area contributed by atoms with Gasteiger partial charge in [-0.1, -0.05) is 6.92 Å². The van der Waals surface area contributed by atoms with Crippen LogP contribution in [0.4, 0.5) is 19.0 Å². The standard InChI is InChI=1S/C11H12BrF3N2/c1-6-2-7(6)4-16-10-9(11(13,14)15)3-8(12)5-17-10/h3,5-7H,2,4H2,1H3,(H,16,17). The van der Waals surface area contributed by atoms with Crippen LogP contribution in [0.15, 0.2) is 16.7 Å². The first-order valence-electron chi connectivity index (χ1n) is 5.34. The summed E-state index contributed by atoms with van der Waals surface area (Å²) in [6.45, 7) is 2.64. The molecule has 2 nitrogen and oxygen atoms in total. The summed E-state index contributed by atoms with van der Waals surface area (Å²) in [5, 5.41) is 2.79. The summed E-state index contributed by atoms with van der Waals surface area (Å²) < 4.78 is 38.6. The fourth-order valence-corrected chi connectivity index (χ4v) is 2.04. The van der Waals surface area contributed by atoms with Crippen LogP contribution in [0.25, 0.3) is 0 Å². The van der Waals surface area contributed by atoms with E-state index in [1.54, 1.807) is 0 Å². The molecule has 1 saturated carbocycles. The van der Waals surface area contributed by atoms with Crippen LogP contribution in [0, 0.1) is 11.8 Å². The molecular weight excluding hydrogens is 297 g/mol. The van der Waals surface area contributed by atoms with Gasteiger partial charge in [0.2, 0.25) is 0 Å². The van der Waals surface area contributed by atoms with Crippen LogP contribution in [0.2, 0.25) is 0 Å². The summed E-state index contributed by atoms with van der Waals surface area (Å²) in [4.78, 5) is 3.79. The van der Waals surface area contributed by atoms with Crippen LogP contribution in [0.5, 0.6) is 0 Å². The zero-order valence-electron chi connectivity index (χ0n) is 9.18. The number of rotatable bonds is 3. The molecule has 94 valence electrons. The Morgan fingerprint density at radius 3 is 2.71 bits per heavy atom. The van der Waals surface area contributed by atoms with Crippen LogP contribution in [0.1, 0.15) is 18.9 Å². The van der Waals surface area contributed by atoms with Crippen molar-refractivity contribution in [3.63, 3.8) is 0 Å². The third kappa shape index (κ3) is 3.12. The van der Waals surface area contributed by atoms with Gasteiger partial charge in [0.05, 0.1) is 5.56 Å². The lowest BCUT2D eigenvalue weighted by molar-refractivity contribution is -0.137. The first-order valence-corrected chi connectivity index (χ1v) is 6.14. The Morgan fingerprint density at radius 2 is 2.18 bits per heavy atom. The van der Waals surface area contributed by atoms with Gasteiger partial charge in [-0.25, -0.2) is 4.98 Å². The second kappa shape index (κ2) is 4.48. The van der Waals surface area contributed by atoms with E-state index in [9.17, 15) is 13.2 Å². The van der Waals surface area contributed by atoms with Crippen LogP contribution in [-0.4, -0.2) is 11.5 Å². The molecule has 0 spiro atoms. The van der Waals surface area contributed by atoms with Gasteiger partial charge in [0, 0.05) is 17.2 Å². The molecule has 0 aromatic carbocycles. The molecule has 17 heavy (non-hydrogen) atoms.